The van der Waals surface area contributed by atoms with Gasteiger partial charge in [0.05, 0.1) is 16.6 Å². The van der Waals surface area contributed by atoms with E-state index in [1.54, 1.807) is 26.8 Å². The number of aromatic nitrogens is 2. The summed E-state index contributed by atoms with van der Waals surface area (Å²) in [6.45, 7) is 5.13. The zero-order valence-electron chi connectivity index (χ0n) is 11.7. The molecule has 0 saturated carbocycles. The van der Waals surface area contributed by atoms with Gasteiger partial charge in [0.25, 0.3) is 5.69 Å². The first-order chi connectivity index (χ1) is 9.74. The number of carbonyl (C=O) groups excluding carboxylic acids is 1. The normalized spacial score (nSPS) is 11.1. The summed E-state index contributed by atoms with van der Waals surface area (Å²) in [5, 5.41) is 24.1. The Hall–Kier alpha value is -2.95. The number of fused-ring (bicyclic) bond motifs is 1. The molecule has 108 valence electrons. The first-order valence-corrected chi connectivity index (χ1v) is 6.03. The molecule has 0 radical (unpaired) electrons. The van der Waals surface area contributed by atoms with Gasteiger partial charge in [0.15, 0.2) is 0 Å². The Morgan fingerprint density at radius 1 is 1.48 bits per heavy atom. The average molecular weight is 288 g/mol. The molecule has 2 aromatic rings. The lowest BCUT2D eigenvalue weighted by Crippen LogP contribution is -2.27. The quantitative estimate of drug-likeness (QED) is 0.589. The van der Waals surface area contributed by atoms with Crippen molar-refractivity contribution in [3.05, 3.63) is 34.0 Å². The molecule has 21 heavy (non-hydrogen) atoms. The van der Waals surface area contributed by atoms with Gasteiger partial charge in [0.2, 0.25) is 0 Å². The number of hydrogen-bond donors (Lipinski definition) is 0. The standard InChI is InChI=1S/C13H12N4O4/c1-13(2,3)21-12(18)16-10-4-5-11(17(19)20)8(6-14)9(10)7-15-16/h4-5,7H,1-3H3. The largest absolute Gasteiger partial charge is 0.442 e. The van der Waals surface area contributed by atoms with Crippen LogP contribution in [-0.4, -0.2) is 26.4 Å². The second-order valence-corrected chi connectivity index (χ2v) is 5.30. The number of nitriles is 1. The molecule has 0 aliphatic rings. The van der Waals surface area contributed by atoms with Gasteiger partial charge in [-0.2, -0.15) is 15.0 Å². The van der Waals surface area contributed by atoms with Crippen molar-refractivity contribution in [1.29, 1.82) is 5.26 Å². The van der Waals surface area contributed by atoms with Crippen molar-refractivity contribution in [3.8, 4) is 6.07 Å². The van der Waals surface area contributed by atoms with E-state index in [0.717, 1.165) is 4.68 Å². The highest BCUT2D eigenvalue weighted by molar-refractivity contribution is 5.93. The lowest BCUT2D eigenvalue weighted by atomic mass is 10.1. The van der Waals surface area contributed by atoms with Crippen LogP contribution in [0.25, 0.3) is 10.9 Å². The molecule has 0 saturated heterocycles. The number of nitrogens with zero attached hydrogens (tertiary/aromatic N) is 4. The van der Waals surface area contributed by atoms with E-state index in [0.29, 0.717) is 0 Å². The zero-order valence-corrected chi connectivity index (χ0v) is 11.7. The van der Waals surface area contributed by atoms with Crippen LogP contribution in [-0.2, 0) is 4.74 Å². The molecule has 1 aromatic heterocycles. The third-order valence-corrected chi connectivity index (χ3v) is 2.61. The summed E-state index contributed by atoms with van der Waals surface area (Å²) in [6.07, 6.45) is 0.528. The van der Waals surface area contributed by atoms with Crippen LogP contribution in [0.2, 0.25) is 0 Å². The Morgan fingerprint density at radius 3 is 2.67 bits per heavy atom. The van der Waals surface area contributed by atoms with E-state index in [1.165, 1.54) is 18.3 Å². The number of ether oxygens (including phenoxy) is 1. The van der Waals surface area contributed by atoms with Crippen LogP contribution < -0.4 is 0 Å². The topological polar surface area (TPSA) is 111 Å². The predicted molar refractivity (Wildman–Crippen MR) is 72.7 cm³/mol. The lowest BCUT2D eigenvalue weighted by Gasteiger charge is -2.19. The van der Waals surface area contributed by atoms with Crippen LogP contribution in [0.4, 0.5) is 10.5 Å². The Bertz CT molecular complexity index is 780. The van der Waals surface area contributed by atoms with Gasteiger partial charge in [0, 0.05) is 11.5 Å². The van der Waals surface area contributed by atoms with Crippen molar-refractivity contribution in [2.45, 2.75) is 26.4 Å². The van der Waals surface area contributed by atoms with Gasteiger partial charge >= 0.3 is 6.09 Å². The van der Waals surface area contributed by atoms with Crippen molar-refractivity contribution in [2.75, 3.05) is 0 Å². The monoisotopic (exact) mass is 288 g/mol. The summed E-state index contributed by atoms with van der Waals surface area (Å²) in [7, 11) is 0. The summed E-state index contributed by atoms with van der Waals surface area (Å²) < 4.78 is 6.16. The molecule has 0 bridgehead atoms. The molecule has 0 fully saturated rings. The maximum atomic E-state index is 12.0. The third kappa shape index (κ3) is 2.67. The molecule has 0 aliphatic heterocycles. The minimum atomic E-state index is -0.713. The second kappa shape index (κ2) is 4.86. The van der Waals surface area contributed by atoms with Crippen molar-refractivity contribution >= 4 is 22.7 Å². The van der Waals surface area contributed by atoms with E-state index in [-0.39, 0.29) is 22.2 Å². The molecule has 0 aliphatic carbocycles. The Kier molecular flexibility index (Phi) is 3.35. The summed E-state index contributed by atoms with van der Waals surface area (Å²) in [6, 6.07) is 4.31. The van der Waals surface area contributed by atoms with Crippen molar-refractivity contribution in [2.24, 2.45) is 0 Å². The molecule has 0 spiro atoms. The fraction of sp³-hybridized carbons (Fsp3) is 0.308. The van der Waals surface area contributed by atoms with Gasteiger partial charge in [-0.15, -0.1) is 0 Å². The maximum Gasteiger partial charge on any atom is 0.435 e. The van der Waals surface area contributed by atoms with Gasteiger partial charge in [-0.25, -0.2) is 4.79 Å². The zero-order chi connectivity index (χ0) is 15.8. The van der Waals surface area contributed by atoms with Crippen LogP contribution in [0.3, 0.4) is 0 Å². The lowest BCUT2D eigenvalue weighted by molar-refractivity contribution is -0.385. The van der Waals surface area contributed by atoms with Crippen molar-refractivity contribution in [1.82, 2.24) is 9.78 Å². The number of hydrogen-bond acceptors (Lipinski definition) is 6. The summed E-state index contributed by atoms with van der Waals surface area (Å²) in [5.74, 6) is 0. The summed E-state index contributed by atoms with van der Waals surface area (Å²) in [4.78, 5) is 22.3. The Balaban J connectivity index is 2.59. The molecule has 0 N–H and O–H groups in total. The molecule has 1 heterocycles. The molecule has 1 aromatic carbocycles. The molecule has 0 unspecified atom stereocenters. The second-order valence-electron chi connectivity index (χ2n) is 5.30. The highest BCUT2D eigenvalue weighted by Gasteiger charge is 2.24. The minimum absolute atomic E-state index is 0.132. The number of carbonyl (C=O) groups is 1. The first kappa shape index (κ1) is 14.5. The predicted octanol–water partition coefficient (Wildman–Crippen LogP) is 2.60. The minimum Gasteiger partial charge on any atom is -0.442 e. The SMILES string of the molecule is CC(C)(C)OC(=O)n1ncc2c(C#N)c([N+](=O)[O-])ccc21. The van der Waals surface area contributed by atoms with Crippen LogP contribution in [0.1, 0.15) is 26.3 Å². The summed E-state index contributed by atoms with van der Waals surface area (Å²) in [5.41, 5.74) is -0.874. The molecular weight excluding hydrogens is 276 g/mol. The van der Waals surface area contributed by atoms with Crippen LogP contribution in [0.15, 0.2) is 18.3 Å². The van der Waals surface area contributed by atoms with E-state index in [1.807, 2.05) is 0 Å². The Labute approximate surface area is 119 Å². The molecule has 2 rings (SSSR count). The molecule has 0 amide bonds. The average Bonchev–Trinajstić information content (AvgIpc) is 2.78. The number of nitro benzene ring substituents is 1. The fourth-order valence-corrected chi connectivity index (χ4v) is 1.81. The number of nitro groups is 1. The van der Waals surface area contributed by atoms with Gasteiger partial charge < -0.3 is 4.74 Å². The van der Waals surface area contributed by atoms with E-state index >= 15 is 0 Å². The summed E-state index contributed by atoms with van der Waals surface area (Å²) >= 11 is 0. The fourth-order valence-electron chi connectivity index (χ4n) is 1.81. The van der Waals surface area contributed by atoms with E-state index in [9.17, 15) is 14.9 Å². The molecule has 8 heteroatoms. The maximum absolute atomic E-state index is 12.0. The van der Waals surface area contributed by atoms with Crippen LogP contribution >= 0.6 is 0 Å². The van der Waals surface area contributed by atoms with Crippen LogP contribution in [0.5, 0.6) is 0 Å². The number of benzene rings is 1. The van der Waals surface area contributed by atoms with E-state index in [4.69, 9.17) is 10.00 Å². The molecule has 0 atom stereocenters. The van der Waals surface area contributed by atoms with Gasteiger partial charge in [0.1, 0.15) is 17.2 Å². The van der Waals surface area contributed by atoms with E-state index < -0.39 is 16.6 Å². The first-order valence-electron chi connectivity index (χ1n) is 6.03. The Morgan fingerprint density at radius 2 is 2.14 bits per heavy atom. The van der Waals surface area contributed by atoms with E-state index in [2.05, 4.69) is 5.10 Å². The van der Waals surface area contributed by atoms with Crippen molar-refractivity contribution in [3.63, 3.8) is 0 Å². The smallest absolute Gasteiger partial charge is 0.435 e. The van der Waals surface area contributed by atoms with Gasteiger partial charge in [-0.05, 0) is 26.8 Å². The van der Waals surface area contributed by atoms with Crippen molar-refractivity contribution < 1.29 is 14.5 Å². The molecule has 8 nitrogen and oxygen atoms in total. The highest BCUT2D eigenvalue weighted by atomic mass is 16.6. The molecular formula is C13H12N4O4. The highest BCUT2D eigenvalue weighted by Crippen LogP contribution is 2.27. The van der Waals surface area contributed by atoms with Crippen LogP contribution in [0, 0.1) is 21.4 Å². The van der Waals surface area contributed by atoms with Gasteiger partial charge in [-0.1, -0.05) is 0 Å². The van der Waals surface area contributed by atoms with Gasteiger partial charge in [-0.3, -0.25) is 10.1 Å². The third-order valence-electron chi connectivity index (χ3n) is 2.61. The number of rotatable bonds is 1.